The number of carbonyl (C=O) groups is 1. The van der Waals surface area contributed by atoms with Crippen LogP contribution in [0.4, 0.5) is 0 Å². The third-order valence-corrected chi connectivity index (χ3v) is 6.39. The Bertz CT molecular complexity index is 598. The van der Waals surface area contributed by atoms with E-state index in [4.69, 9.17) is 4.42 Å². The van der Waals surface area contributed by atoms with Gasteiger partial charge < -0.3 is 9.32 Å². The summed E-state index contributed by atoms with van der Waals surface area (Å²) in [6.07, 6.45) is 7.75. The highest BCUT2D eigenvalue weighted by Crippen LogP contribution is 2.49. The molecule has 2 bridgehead atoms. The standard InChI is InChI=1S/C19H23NO2S/c21-19(11-16-10-14-5-6-15(16)9-14)20(12-17-3-1-7-22-17)13-18-4-2-8-23-18/h1-4,7-8,14-16H,5-6,9-13H2. The van der Waals surface area contributed by atoms with E-state index in [-0.39, 0.29) is 5.91 Å². The molecule has 2 saturated carbocycles. The minimum Gasteiger partial charge on any atom is -0.467 e. The SMILES string of the molecule is O=C(CC1CC2CCC1C2)N(Cc1ccco1)Cc1cccs1. The first-order valence-electron chi connectivity index (χ1n) is 8.60. The number of furan rings is 1. The molecule has 3 unspecified atom stereocenters. The van der Waals surface area contributed by atoms with Crippen LogP contribution in [0.5, 0.6) is 0 Å². The summed E-state index contributed by atoms with van der Waals surface area (Å²) in [5, 5.41) is 2.07. The summed E-state index contributed by atoms with van der Waals surface area (Å²) < 4.78 is 5.46. The Labute approximate surface area is 141 Å². The Morgan fingerprint density at radius 2 is 2.17 bits per heavy atom. The van der Waals surface area contributed by atoms with Gasteiger partial charge in [-0.2, -0.15) is 0 Å². The van der Waals surface area contributed by atoms with E-state index < -0.39 is 0 Å². The van der Waals surface area contributed by atoms with E-state index in [0.29, 0.717) is 25.4 Å². The summed E-state index contributed by atoms with van der Waals surface area (Å²) in [6.45, 7) is 1.27. The van der Waals surface area contributed by atoms with Crippen LogP contribution in [-0.2, 0) is 17.9 Å². The third-order valence-electron chi connectivity index (χ3n) is 5.53. The summed E-state index contributed by atoms with van der Waals surface area (Å²) in [7, 11) is 0. The van der Waals surface area contributed by atoms with Gasteiger partial charge in [0.15, 0.2) is 0 Å². The van der Waals surface area contributed by atoms with Crippen molar-refractivity contribution in [2.45, 2.75) is 45.2 Å². The van der Waals surface area contributed by atoms with Crippen LogP contribution in [0.2, 0.25) is 0 Å². The molecular weight excluding hydrogens is 306 g/mol. The molecule has 0 N–H and O–H groups in total. The number of fused-ring (bicyclic) bond motifs is 2. The van der Waals surface area contributed by atoms with Gasteiger partial charge >= 0.3 is 0 Å². The fourth-order valence-electron chi connectivity index (χ4n) is 4.39. The third kappa shape index (κ3) is 3.37. The van der Waals surface area contributed by atoms with Crippen LogP contribution in [0, 0.1) is 17.8 Å². The van der Waals surface area contributed by atoms with Gasteiger partial charge in [-0.05, 0) is 60.6 Å². The molecule has 122 valence electrons. The molecule has 0 aliphatic heterocycles. The molecule has 0 aromatic carbocycles. The minimum absolute atomic E-state index is 0.285. The van der Waals surface area contributed by atoms with E-state index in [9.17, 15) is 4.79 Å². The van der Waals surface area contributed by atoms with E-state index in [1.807, 2.05) is 23.1 Å². The molecule has 0 spiro atoms. The van der Waals surface area contributed by atoms with Gasteiger partial charge in [0, 0.05) is 11.3 Å². The zero-order valence-corrected chi connectivity index (χ0v) is 14.1. The fraction of sp³-hybridized carbons (Fsp3) is 0.526. The van der Waals surface area contributed by atoms with E-state index in [1.54, 1.807) is 17.6 Å². The van der Waals surface area contributed by atoms with Crippen molar-refractivity contribution >= 4 is 17.2 Å². The van der Waals surface area contributed by atoms with E-state index in [1.165, 1.54) is 30.6 Å². The van der Waals surface area contributed by atoms with Crippen LogP contribution in [0.1, 0.15) is 42.7 Å². The monoisotopic (exact) mass is 329 g/mol. The molecule has 3 atom stereocenters. The molecule has 0 radical (unpaired) electrons. The van der Waals surface area contributed by atoms with Gasteiger partial charge in [0.1, 0.15) is 5.76 Å². The molecule has 4 rings (SSSR count). The lowest BCUT2D eigenvalue weighted by Gasteiger charge is -2.26. The smallest absolute Gasteiger partial charge is 0.223 e. The predicted octanol–water partition coefficient (Wildman–Crippen LogP) is 4.70. The van der Waals surface area contributed by atoms with Crippen molar-refractivity contribution in [2.24, 2.45) is 17.8 Å². The molecule has 2 heterocycles. The van der Waals surface area contributed by atoms with Gasteiger partial charge in [-0.3, -0.25) is 4.79 Å². The van der Waals surface area contributed by atoms with Gasteiger partial charge in [0.05, 0.1) is 19.4 Å². The van der Waals surface area contributed by atoms with Gasteiger partial charge in [0.2, 0.25) is 5.91 Å². The summed E-state index contributed by atoms with van der Waals surface area (Å²) in [4.78, 5) is 16.1. The Morgan fingerprint density at radius 1 is 1.22 bits per heavy atom. The van der Waals surface area contributed by atoms with Gasteiger partial charge in [0.25, 0.3) is 0 Å². The molecule has 2 aliphatic carbocycles. The first kappa shape index (κ1) is 15.0. The van der Waals surface area contributed by atoms with E-state index in [2.05, 4.69) is 11.4 Å². The molecule has 1 amide bonds. The molecule has 2 aromatic rings. The van der Waals surface area contributed by atoms with Crippen molar-refractivity contribution in [1.82, 2.24) is 4.90 Å². The normalized spacial score (nSPS) is 25.8. The zero-order valence-electron chi connectivity index (χ0n) is 13.3. The summed E-state index contributed by atoms with van der Waals surface area (Å²) in [5.41, 5.74) is 0. The van der Waals surface area contributed by atoms with Crippen LogP contribution >= 0.6 is 11.3 Å². The minimum atomic E-state index is 0.285. The van der Waals surface area contributed by atoms with Gasteiger partial charge in [-0.25, -0.2) is 0 Å². The molecule has 4 heteroatoms. The average molecular weight is 329 g/mol. The number of amides is 1. The molecule has 3 nitrogen and oxygen atoms in total. The second-order valence-corrected chi connectivity index (χ2v) is 8.08. The molecule has 0 saturated heterocycles. The number of thiophene rings is 1. The highest BCUT2D eigenvalue weighted by atomic mass is 32.1. The lowest BCUT2D eigenvalue weighted by molar-refractivity contribution is -0.134. The maximum absolute atomic E-state index is 12.9. The van der Waals surface area contributed by atoms with Crippen LogP contribution in [-0.4, -0.2) is 10.8 Å². The lowest BCUT2D eigenvalue weighted by Crippen LogP contribution is -2.32. The second-order valence-electron chi connectivity index (χ2n) is 7.05. The summed E-state index contributed by atoms with van der Waals surface area (Å²) in [6, 6.07) is 7.99. The van der Waals surface area contributed by atoms with Crippen molar-refractivity contribution in [3.05, 3.63) is 46.5 Å². The molecule has 23 heavy (non-hydrogen) atoms. The topological polar surface area (TPSA) is 33.5 Å². The Morgan fingerprint density at radius 3 is 2.83 bits per heavy atom. The number of hydrogen-bond donors (Lipinski definition) is 0. The molecular formula is C19H23NO2S. The Kier molecular flexibility index (Phi) is 4.25. The van der Waals surface area contributed by atoms with E-state index in [0.717, 1.165) is 17.6 Å². The quantitative estimate of drug-likeness (QED) is 0.770. The zero-order chi connectivity index (χ0) is 15.6. The number of nitrogens with zero attached hydrogens (tertiary/aromatic N) is 1. The number of carbonyl (C=O) groups excluding carboxylic acids is 1. The second kappa shape index (κ2) is 6.52. The van der Waals surface area contributed by atoms with Crippen LogP contribution < -0.4 is 0 Å². The average Bonchev–Trinajstić information content (AvgIpc) is 3.32. The number of rotatable bonds is 6. The fourth-order valence-corrected chi connectivity index (χ4v) is 5.11. The van der Waals surface area contributed by atoms with Crippen LogP contribution in [0.25, 0.3) is 0 Å². The van der Waals surface area contributed by atoms with Crippen molar-refractivity contribution in [3.63, 3.8) is 0 Å². The molecule has 2 aromatic heterocycles. The predicted molar refractivity (Wildman–Crippen MR) is 90.8 cm³/mol. The van der Waals surface area contributed by atoms with Gasteiger partial charge in [-0.15, -0.1) is 11.3 Å². The maximum atomic E-state index is 12.9. The van der Waals surface area contributed by atoms with Crippen molar-refractivity contribution in [1.29, 1.82) is 0 Å². The Hall–Kier alpha value is -1.55. The Balaban J connectivity index is 1.43. The summed E-state index contributed by atoms with van der Waals surface area (Å²) in [5.74, 6) is 3.46. The van der Waals surface area contributed by atoms with Crippen LogP contribution in [0.3, 0.4) is 0 Å². The highest BCUT2D eigenvalue weighted by molar-refractivity contribution is 7.09. The largest absolute Gasteiger partial charge is 0.467 e. The van der Waals surface area contributed by atoms with E-state index >= 15 is 0 Å². The molecule has 2 aliphatic rings. The van der Waals surface area contributed by atoms with Crippen molar-refractivity contribution in [3.8, 4) is 0 Å². The lowest BCUT2D eigenvalue weighted by atomic mass is 9.86. The highest BCUT2D eigenvalue weighted by Gasteiger charge is 2.40. The first-order chi connectivity index (χ1) is 11.3. The van der Waals surface area contributed by atoms with Crippen LogP contribution in [0.15, 0.2) is 40.3 Å². The maximum Gasteiger partial charge on any atom is 0.223 e. The summed E-state index contributed by atoms with van der Waals surface area (Å²) >= 11 is 1.71. The van der Waals surface area contributed by atoms with Crippen molar-refractivity contribution < 1.29 is 9.21 Å². The first-order valence-corrected chi connectivity index (χ1v) is 9.48. The number of hydrogen-bond acceptors (Lipinski definition) is 3. The molecule has 2 fully saturated rings. The van der Waals surface area contributed by atoms with Crippen molar-refractivity contribution in [2.75, 3.05) is 0 Å². The van der Waals surface area contributed by atoms with Gasteiger partial charge in [-0.1, -0.05) is 12.5 Å².